The van der Waals surface area contributed by atoms with Crippen LogP contribution in [0.25, 0.3) is 0 Å². The van der Waals surface area contributed by atoms with Crippen molar-refractivity contribution in [3.8, 4) is 0 Å². The number of hydrazine groups is 1. The van der Waals surface area contributed by atoms with Gasteiger partial charge in [0.1, 0.15) is 0 Å². The maximum absolute atomic E-state index is 5.71. The highest BCUT2D eigenvalue weighted by Gasteiger charge is 2.12. The number of nitrogens with one attached hydrogen (secondary N) is 1. The van der Waals surface area contributed by atoms with Crippen LogP contribution in [0.1, 0.15) is 28.3 Å². The number of benzene rings is 2. The van der Waals surface area contributed by atoms with Crippen LogP contribution in [0.2, 0.25) is 0 Å². The van der Waals surface area contributed by atoms with Gasteiger partial charge in [0.25, 0.3) is 0 Å². The Morgan fingerprint density at radius 1 is 0.944 bits per heavy atom. The fourth-order valence-electron chi connectivity index (χ4n) is 1.98. The predicted molar refractivity (Wildman–Crippen MR) is 84.2 cm³/mol. The Balaban J connectivity index is 2.38. The van der Waals surface area contributed by atoms with Gasteiger partial charge in [-0.1, -0.05) is 30.3 Å². The molecule has 0 bridgehead atoms. The number of hydrogen-bond donors (Lipinski definition) is 2. The van der Waals surface area contributed by atoms with E-state index in [2.05, 4.69) is 84.3 Å². The Bertz CT molecular complexity index is 535. The van der Waals surface area contributed by atoms with Crippen LogP contribution in [0, 0.1) is 17.4 Å². The van der Waals surface area contributed by atoms with E-state index in [1.54, 1.807) is 0 Å². The third kappa shape index (κ3) is 2.91. The Hall–Kier alpha value is -0.910. The Morgan fingerprint density at radius 3 is 2.11 bits per heavy atom. The van der Waals surface area contributed by atoms with E-state index < -0.39 is 0 Å². The molecule has 0 fully saturated rings. The first-order valence-electron chi connectivity index (χ1n) is 5.90. The smallest absolute Gasteiger partial charge is 0.0710 e. The van der Waals surface area contributed by atoms with Gasteiger partial charge in [-0.05, 0) is 70.8 Å². The van der Waals surface area contributed by atoms with Crippen molar-refractivity contribution in [3.63, 3.8) is 0 Å². The van der Waals surface area contributed by atoms with Gasteiger partial charge in [-0.25, -0.2) is 5.43 Å². The third-order valence-corrected chi connectivity index (χ3v) is 3.95. The molecule has 3 heteroatoms. The minimum absolute atomic E-state index is 0.0429. The van der Waals surface area contributed by atoms with Crippen molar-refractivity contribution in [2.24, 2.45) is 5.84 Å². The summed E-state index contributed by atoms with van der Waals surface area (Å²) in [4.78, 5) is 0. The molecular weight excluding hydrogens is 335 g/mol. The van der Waals surface area contributed by atoms with Crippen LogP contribution in [-0.4, -0.2) is 0 Å². The van der Waals surface area contributed by atoms with Crippen molar-refractivity contribution in [1.82, 2.24) is 5.43 Å². The van der Waals surface area contributed by atoms with E-state index in [-0.39, 0.29) is 6.04 Å². The van der Waals surface area contributed by atoms with E-state index in [1.165, 1.54) is 25.8 Å². The van der Waals surface area contributed by atoms with Crippen LogP contribution < -0.4 is 11.3 Å². The van der Waals surface area contributed by atoms with Crippen molar-refractivity contribution >= 4 is 22.6 Å². The molecule has 0 saturated carbocycles. The molecular formula is C15H17IN2. The van der Waals surface area contributed by atoms with Crippen molar-refractivity contribution in [1.29, 1.82) is 0 Å². The van der Waals surface area contributed by atoms with Gasteiger partial charge < -0.3 is 0 Å². The number of rotatable bonds is 3. The van der Waals surface area contributed by atoms with Gasteiger partial charge in [0.05, 0.1) is 6.04 Å². The first kappa shape index (κ1) is 13.5. The quantitative estimate of drug-likeness (QED) is 0.504. The highest BCUT2D eigenvalue weighted by molar-refractivity contribution is 14.1. The number of aryl methyl sites for hydroxylation is 2. The van der Waals surface area contributed by atoms with Gasteiger partial charge in [0.2, 0.25) is 0 Å². The summed E-state index contributed by atoms with van der Waals surface area (Å²) in [7, 11) is 0. The Kier molecular flexibility index (Phi) is 4.37. The molecule has 2 aromatic rings. The fourth-order valence-corrected chi connectivity index (χ4v) is 2.34. The zero-order valence-corrected chi connectivity index (χ0v) is 12.7. The van der Waals surface area contributed by atoms with E-state index in [0.717, 1.165) is 0 Å². The van der Waals surface area contributed by atoms with E-state index in [4.69, 9.17) is 5.84 Å². The van der Waals surface area contributed by atoms with Gasteiger partial charge >= 0.3 is 0 Å². The molecule has 0 aliphatic carbocycles. The van der Waals surface area contributed by atoms with Crippen molar-refractivity contribution < 1.29 is 0 Å². The van der Waals surface area contributed by atoms with Gasteiger partial charge in [-0.2, -0.15) is 0 Å². The van der Waals surface area contributed by atoms with Crippen molar-refractivity contribution in [3.05, 3.63) is 68.3 Å². The second kappa shape index (κ2) is 5.82. The molecule has 0 aromatic heterocycles. The molecule has 2 rings (SSSR count). The summed E-state index contributed by atoms with van der Waals surface area (Å²) >= 11 is 2.30. The first-order chi connectivity index (χ1) is 8.61. The zero-order valence-electron chi connectivity index (χ0n) is 10.6. The number of halogens is 1. The molecule has 0 saturated heterocycles. The minimum Gasteiger partial charge on any atom is -0.271 e. The lowest BCUT2D eigenvalue weighted by Crippen LogP contribution is -2.28. The largest absolute Gasteiger partial charge is 0.271 e. The summed E-state index contributed by atoms with van der Waals surface area (Å²) in [6.07, 6.45) is 0. The molecule has 0 heterocycles. The summed E-state index contributed by atoms with van der Waals surface area (Å²) in [5.41, 5.74) is 7.87. The number of hydrogen-bond acceptors (Lipinski definition) is 2. The summed E-state index contributed by atoms with van der Waals surface area (Å²) in [5.74, 6) is 5.71. The molecule has 3 N–H and O–H groups in total. The van der Waals surface area contributed by atoms with Gasteiger partial charge in [-0.3, -0.25) is 5.84 Å². The zero-order chi connectivity index (χ0) is 13.1. The molecule has 2 aromatic carbocycles. The molecule has 0 spiro atoms. The van der Waals surface area contributed by atoms with Crippen LogP contribution >= 0.6 is 22.6 Å². The topological polar surface area (TPSA) is 38.0 Å². The minimum atomic E-state index is 0.0429. The predicted octanol–water partition coefficient (Wildman–Crippen LogP) is 3.46. The maximum atomic E-state index is 5.71. The SMILES string of the molecule is Cc1ccc(C(NN)c2ccc(I)cc2)cc1C. The van der Waals surface area contributed by atoms with E-state index in [1.807, 2.05) is 0 Å². The van der Waals surface area contributed by atoms with Gasteiger partial charge in [-0.15, -0.1) is 0 Å². The maximum Gasteiger partial charge on any atom is 0.0710 e. The first-order valence-corrected chi connectivity index (χ1v) is 6.98. The van der Waals surface area contributed by atoms with Gasteiger partial charge in [0.15, 0.2) is 0 Å². The Labute approximate surface area is 122 Å². The average molecular weight is 352 g/mol. The van der Waals surface area contributed by atoms with Crippen LogP contribution in [0.4, 0.5) is 0 Å². The lowest BCUT2D eigenvalue weighted by Gasteiger charge is -2.18. The van der Waals surface area contributed by atoms with Crippen molar-refractivity contribution in [2.75, 3.05) is 0 Å². The van der Waals surface area contributed by atoms with E-state index in [9.17, 15) is 0 Å². The summed E-state index contributed by atoms with van der Waals surface area (Å²) in [5, 5.41) is 0. The molecule has 94 valence electrons. The highest BCUT2D eigenvalue weighted by atomic mass is 127. The monoisotopic (exact) mass is 352 g/mol. The Morgan fingerprint density at radius 2 is 1.56 bits per heavy atom. The van der Waals surface area contributed by atoms with Crippen molar-refractivity contribution in [2.45, 2.75) is 19.9 Å². The molecule has 0 aliphatic rings. The van der Waals surface area contributed by atoms with Gasteiger partial charge in [0, 0.05) is 3.57 Å². The summed E-state index contributed by atoms with van der Waals surface area (Å²) in [6, 6.07) is 14.9. The summed E-state index contributed by atoms with van der Waals surface area (Å²) in [6.45, 7) is 4.25. The summed E-state index contributed by atoms with van der Waals surface area (Å²) < 4.78 is 1.23. The molecule has 0 radical (unpaired) electrons. The lowest BCUT2D eigenvalue weighted by atomic mass is 9.96. The van der Waals surface area contributed by atoms with Crippen LogP contribution in [0.15, 0.2) is 42.5 Å². The molecule has 0 aliphatic heterocycles. The average Bonchev–Trinajstić information content (AvgIpc) is 2.37. The van der Waals surface area contributed by atoms with Crippen LogP contribution in [0.3, 0.4) is 0 Å². The van der Waals surface area contributed by atoms with Crippen LogP contribution in [0.5, 0.6) is 0 Å². The normalized spacial score (nSPS) is 12.4. The fraction of sp³-hybridized carbons (Fsp3) is 0.200. The molecule has 1 unspecified atom stereocenters. The van der Waals surface area contributed by atoms with E-state index in [0.29, 0.717) is 0 Å². The standard InChI is InChI=1S/C15H17IN2/c1-10-3-4-13(9-11(10)2)15(18-17)12-5-7-14(16)8-6-12/h3-9,15,18H,17H2,1-2H3. The molecule has 18 heavy (non-hydrogen) atoms. The lowest BCUT2D eigenvalue weighted by molar-refractivity contribution is 0.636. The molecule has 1 atom stereocenters. The van der Waals surface area contributed by atoms with Crippen LogP contribution in [-0.2, 0) is 0 Å². The molecule has 2 nitrogen and oxygen atoms in total. The highest BCUT2D eigenvalue weighted by Crippen LogP contribution is 2.23. The van der Waals surface area contributed by atoms with E-state index >= 15 is 0 Å². The second-order valence-corrected chi connectivity index (χ2v) is 5.74. The number of nitrogens with two attached hydrogens (primary N) is 1. The second-order valence-electron chi connectivity index (χ2n) is 4.49. The third-order valence-electron chi connectivity index (χ3n) is 3.23. The molecule has 0 amide bonds.